The molecule has 1 fully saturated rings. The Hall–Kier alpha value is -4.64. The van der Waals surface area contributed by atoms with Gasteiger partial charge in [0.15, 0.2) is 5.78 Å². The maximum atomic E-state index is 13.6. The highest BCUT2D eigenvalue weighted by atomic mass is 16.3. The number of rotatable bonds is 7. The Labute approximate surface area is 217 Å². The second-order valence-corrected chi connectivity index (χ2v) is 8.96. The maximum Gasteiger partial charge on any atom is 0.254 e. The molecule has 3 aromatic rings. The van der Waals surface area contributed by atoms with Gasteiger partial charge in [-0.2, -0.15) is 0 Å². The van der Waals surface area contributed by atoms with Gasteiger partial charge in [0.25, 0.3) is 5.91 Å². The molecule has 0 saturated carbocycles. The molecule has 4 rings (SSSR count). The number of hydrogen-bond acceptors (Lipinski definition) is 4. The Morgan fingerprint density at radius 2 is 1.27 bits per heavy atom. The van der Waals surface area contributed by atoms with Crippen LogP contribution in [0, 0.1) is 0 Å². The lowest BCUT2D eigenvalue weighted by Crippen LogP contribution is -2.41. The van der Waals surface area contributed by atoms with E-state index in [0.29, 0.717) is 40.7 Å². The summed E-state index contributed by atoms with van der Waals surface area (Å²) < 4.78 is 0. The van der Waals surface area contributed by atoms with Crippen LogP contribution in [-0.2, 0) is 17.6 Å². The van der Waals surface area contributed by atoms with E-state index in [0.717, 1.165) is 11.1 Å². The summed E-state index contributed by atoms with van der Waals surface area (Å²) in [6, 6.07) is 19.3. The first-order valence-corrected chi connectivity index (χ1v) is 12.1. The van der Waals surface area contributed by atoms with Gasteiger partial charge in [-0.1, -0.05) is 42.5 Å². The minimum absolute atomic E-state index is 0.145. The van der Waals surface area contributed by atoms with Crippen LogP contribution < -0.4 is 0 Å². The smallest absolute Gasteiger partial charge is 0.254 e. The zero-order chi connectivity index (χ0) is 26.4. The van der Waals surface area contributed by atoms with Crippen molar-refractivity contribution in [2.45, 2.75) is 12.8 Å². The lowest BCUT2D eigenvalue weighted by Gasteiger charge is -2.30. The highest BCUT2D eigenvalue weighted by molar-refractivity contribution is 6.16. The third-order valence-electron chi connectivity index (χ3n) is 6.23. The molecule has 0 radical (unpaired) electrons. The molecule has 2 N–H and O–H groups in total. The number of allylic oxidation sites excluding steroid dienone is 2. The minimum Gasteiger partial charge on any atom is -0.508 e. The van der Waals surface area contributed by atoms with E-state index in [1.807, 2.05) is 30.3 Å². The van der Waals surface area contributed by atoms with Gasteiger partial charge in [0.2, 0.25) is 0 Å². The second kappa shape index (κ2) is 11.4. The molecule has 1 heterocycles. The van der Waals surface area contributed by atoms with Crippen LogP contribution >= 0.6 is 0 Å². The van der Waals surface area contributed by atoms with Crippen LogP contribution in [0.3, 0.4) is 0 Å². The zero-order valence-electron chi connectivity index (χ0n) is 20.6. The molecule has 0 atom stereocenters. The molecule has 1 aliphatic heterocycles. The number of hydrogen-bond donors (Lipinski definition) is 2. The molecule has 1 saturated heterocycles. The summed E-state index contributed by atoms with van der Waals surface area (Å²) in [7, 11) is 0. The molecule has 0 aromatic heterocycles. The van der Waals surface area contributed by atoms with E-state index in [1.165, 1.54) is 0 Å². The van der Waals surface area contributed by atoms with E-state index >= 15 is 0 Å². The molecule has 5 nitrogen and oxygen atoms in total. The number of Topliss-reactive ketones (excluding diaryl/α,β-unsaturated/α-hetero) is 1. The van der Waals surface area contributed by atoms with Crippen LogP contribution in [-0.4, -0.2) is 39.9 Å². The summed E-state index contributed by atoms with van der Waals surface area (Å²) in [5.41, 5.74) is 4.42. The van der Waals surface area contributed by atoms with Crippen molar-refractivity contribution in [1.29, 1.82) is 0 Å². The molecule has 0 unspecified atom stereocenters. The molecule has 186 valence electrons. The van der Waals surface area contributed by atoms with Gasteiger partial charge in [-0.15, -0.1) is 13.2 Å². The molecule has 5 heteroatoms. The van der Waals surface area contributed by atoms with E-state index in [4.69, 9.17) is 0 Å². The number of ketones is 1. The summed E-state index contributed by atoms with van der Waals surface area (Å²) in [4.78, 5) is 28.6. The van der Waals surface area contributed by atoms with Crippen molar-refractivity contribution >= 4 is 23.8 Å². The maximum absolute atomic E-state index is 13.6. The number of piperidine rings is 1. The molecule has 37 heavy (non-hydrogen) atoms. The molecule has 1 aliphatic rings. The first kappa shape index (κ1) is 25.5. The lowest BCUT2D eigenvalue weighted by molar-refractivity contribution is -0.113. The first-order valence-electron chi connectivity index (χ1n) is 12.1. The van der Waals surface area contributed by atoms with Gasteiger partial charge < -0.3 is 15.1 Å². The monoisotopic (exact) mass is 491 g/mol. The van der Waals surface area contributed by atoms with Gasteiger partial charge in [-0.3, -0.25) is 9.59 Å². The molecule has 3 aromatic carbocycles. The van der Waals surface area contributed by atoms with Crippen LogP contribution in [0.2, 0.25) is 0 Å². The van der Waals surface area contributed by atoms with Gasteiger partial charge >= 0.3 is 0 Å². The molecule has 0 bridgehead atoms. The Balaban J connectivity index is 1.76. The van der Waals surface area contributed by atoms with Crippen molar-refractivity contribution in [2.24, 2.45) is 0 Å². The van der Waals surface area contributed by atoms with E-state index in [9.17, 15) is 19.8 Å². The number of likely N-dealkylation sites (tertiary alicyclic amines) is 1. The van der Waals surface area contributed by atoms with E-state index < -0.39 is 0 Å². The third-order valence-corrected chi connectivity index (χ3v) is 6.23. The standard InChI is InChI=1S/C32H29NO4/c1-3-8-25-16-22(12-14-29(25)34)18-27-20-33(32(37)24-10-6-5-7-11-24)21-28(31(27)36)19-23-13-15-30(35)26(17-23)9-4-2/h3-7,10-19,34-35H,1-2,8-9,20-21H2/b27-18+,28-19+. The van der Waals surface area contributed by atoms with Crippen molar-refractivity contribution in [3.8, 4) is 11.5 Å². The van der Waals surface area contributed by atoms with Gasteiger partial charge in [0, 0.05) is 16.7 Å². The molecular weight excluding hydrogens is 462 g/mol. The average molecular weight is 492 g/mol. The number of amides is 1. The normalized spacial score (nSPS) is 15.7. The number of nitrogens with zero attached hydrogens (tertiary/aromatic N) is 1. The summed E-state index contributed by atoms with van der Waals surface area (Å²) >= 11 is 0. The fourth-order valence-electron chi connectivity index (χ4n) is 4.38. The van der Waals surface area contributed by atoms with Crippen molar-refractivity contribution < 1.29 is 19.8 Å². The highest BCUT2D eigenvalue weighted by Crippen LogP contribution is 2.27. The average Bonchev–Trinajstić information content (AvgIpc) is 2.90. The van der Waals surface area contributed by atoms with Crippen molar-refractivity contribution in [2.75, 3.05) is 13.1 Å². The van der Waals surface area contributed by atoms with Crippen molar-refractivity contribution in [1.82, 2.24) is 4.90 Å². The second-order valence-electron chi connectivity index (χ2n) is 8.96. The number of benzene rings is 3. The van der Waals surface area contributed by atoms with Gasteiger partial charge in [0.05, 0.1) is 13.1 Å². The number of aromatic hydroxyl groups is 2. The minimum atomic E-state index is -0.166. The van der Waals surface area contributed by atoms with Gasteiger partial charge in [0.1, 0.15) is 11.5 Å². The van der Waals surface area contributed by atoms with Crippen LogP contribution in [0.4, 0.5) is 0 Å². The number of carbonyl (C=O) groups excluding carboxylic acids is 2. The largest absolute Gasteiger partial charge is 0.508 e. The van der Waals surface area contributed by atoms with Gasteiger partial charge in [-0.05, 0) is 83.6 Å². The Morgan fingerprint density at radius 1 is 0.784 bits per heavy atom. The van der Waals surface area contributed by atoms with Crippen LogP contribution in [0.1, 0.15) is 32.6 Å². The van der Waals surface area contributed by atoms with Crippen LogP contribution in [0.15, 0.2) is 103 Å². The topological polar surface area (TPSA) is 77.8 Å². The summed E-state index contributed by atoms with van der Waals surface area (Å²) in [5.74, 6) is 0.0251. The Morgan fingerprint density at radius 3 is 1.73 bits per heavy atom. The molecule has 0 aliphatic carbocycles. The lowest BCUT2D eigenvalue weighted by atomic mass is 9.93. The van der Waals surface area contributed by atoms with Gasteiger partial charge in [-0.25, -0.2) is 0 Å². The van der Waals surface area contributed by atoms with Crippen LogP contribution in [0.5, 0.6) is 11.5 Å². The number of carbonyl (C=O) groups is 2. The Bertz CT molecular complexity index is 1330. The van der Waals surface area contributed by atoms with Crippen molar-refractivity contribution in [3.63, 3.8) is 0 Å². The van der Waals surface area contributed by atoms with Crippen molar-refractivity contribution in [3.05, 3.63) is 131 Å². The summed E-state index contributed by atoms with van der Waals surface area (Å²) in [6.07, 6.45) is 7.94. The fourth-order valence-corrected chi connectivity index (χ4v) is 4.38. The van der Waals surface area contributed by atoms with E-state index in [-0.39, 0.29) is 36.3 Å². The molecule has 1 amide bonds. The first-order chi connectivity index (χ1) is 17.9. The third kappa shape index (κ3) is 5.96. The fraction of sp³-hybridized carbons (Fsp3) is 0.125. The predicted octanol–water partition coefficient (Wildman–Crippen LogP) is 5.75. The SMILES string of the molecule is C=CCc1cc(/C=C2\CN(C(=O)c3ccccc3)C/C(=C\c3ccc(O)c(CC=C)c3)C2=O)ccc1O. The van der Waals surface area contributed by atoms with E-state index in [2.05, 4.69) is 13.2 Å². The van der Waals surface area contributed by atoms with Crippen LogP contribution in [0.25, 0.3) is 12.2 Å². The Kier molecular flexibility index (Phi) is 7.84. The number of phenolic OH excluding ortho intramolecular Hbond substituents is 2. The summed E-state index contributed by atoms with van der Waals surface area (Å²) in [5, 5.41) is 20.3. The highest BCUT2D eigenvalue weighted by Gasteiger charge is 2.29. The predicted molar refractivity (Wildman–Crippen MR) is 147 cm³/mol. The zero-order valence-corrected chi connectivity index (χ0v) is 20.6. The quantitative estimate of drug-likeness (QED) is 0.326. The molecular formula is C32H29NO4. The number of phenols is 2. The summed E-state index contributed by atoms with van der Waals surface area (Å²) in [6.45, 7) is 7.80. The van der Waals surface area contributed by atoms with E-state index in [1.54, 1.807) is 65.6 Å². The molecule has 0 spiro atoms.